The Balaban J connectivity index is 1.86. The van der Waals surface area contributed by atoms with Crippen LogP contribution in [0, 0.1) is 5.92 Å². The predicted octanol–water partition coefficient (Wildman–Crippen LogP) is 2.20. The van der Waals surface area contributed by atoms with Gasteiger partial charge in [0.05, 0.1) is 6.54 Å². The first-order valence-corrected chi connectivity index (χ1v) is 6.78. The van der Waals surface area contributed by atoms with E-state index in [-0.39, 0.29) is 0 Å². The number of aromatic nitrogens is 2. The summed E-state index contributed by atoms with van der Waals surface area (Å²) < 4.78 is 0. The Morgan fingerprint density at radius 3 is 2.88 bits per heavy atom. The van der Waals surface area contributed by atoms with E-state index in [1.165, 1.54) is 12.8 Å². The van der Waals surface area contributed by atoms with Crippen molar-refractivity contribution >= 4 is 16.5 Å². The van der Waals surface area contributed by atoms with Crippen molar-refractivity contribution in [3.63, 3.8) is 0 Å². The summed E-state index contributed by atoms with van der Waals surface area (Å²) in [7, 11) is 2.18. The van der Waals surface area contributed by atoms with Crippen LogP contribution in [0.2, 0.25) is 0 Å². The average molecular weight is 240 g/mol. The van der Waals surface area contributed by atoms with Crippen LogP contribution < -0.4 is 5.32 Å². The van der Waals surface area contributed by atoms with E-state index in [1.54, 1.807) is 11.3 Å². The maximum atomic E-state index is 4.20. The van der Waals surface area contributed by atoms with Gasteiger partial charge in [0.15, 0.2) is 0 Å². The Labute approximate surface area is 101 Å². The van der Waals surface area contributed by atoms with E-state index in [0.29, 0.717) is 6.04 Å². The SMILES string of the molecule is CCNc1nnc(CN(C)C(C)C2CC2)s1. The quantitative estimate of drug-likeness (QED) is 0.827. The lowest BCUT2D eigenvalue weighted by Gasteiger charge is -2.22. The van der Waals surface area contributed by atoms with Gasteiger partial charge in [0.25, 0.3) is 0 Å². The summed E-state index contributed by atoms with van der Waals surface area (Å²) >= 11 is 1.66. The molecular weight excluding hydrogens is 220 g/mol. The van der Waals surface area contributed by atoms with E-state index in [4.69, 9.17) is 0 Å². The summed E-state index contributed by atoms with van der Waals surface area (Å²) in [5, 5.41) is 13.5. The van der Waals surface area contributed by atoms with E-state index in [2.05, 4.69) is 41.3 Å². The zero-order chi connectivity index (χ0) is 11.5. The highest BCUT2D eigenvalue weighted by Crippen LogP contribution is 2.35. The van der Waals surface area contributed by atoms with Gasteiger partial charge in [-0.15, -0.1) is 10.2 Å². The molecule has 0 aromatic carbocycles. The maximum absolute atomic E-state index is 4.20. The van der Waals surface area contributed by atoms with Gasteiger partial charge in [-0.25, -0.2) is 0 Å². The van der Waals surface area contributed by atoms with Crippen LogP contribution in [0.3, 0.4) is 0 Å². The monoisotopic (exact) mass is 240 g/mol. The summed E-state index contributed by atoms with van der Waals surface area (Å²) in [5.41, 5.74) is 0. The third-order valence-corrected chi connectivity index (χ3v) is 4.04. The minimum absolute atomic E-state index is 0.673. The lowest BCUT2D eigenvalue weighted by molar-refractivity contribution is 0.226. The lowest BCUT2D eigenvalue weighted by atomic mass is 10.2. The van der Waals surface area contributed by atoms with E-state index in [1.807, 2.05) is 0 Å². The van der Waals surface area contributed by atoms with Crippen molar-refractivity contribution in [2.24, 2.45) is 5.92 Å². The molecule has 1 aliphatic rings. The predicted molar refractivity (Wildman–Crippen MR) is 67.7 cm³/mol. The molecule has 1 unspecified atom stereocenters. The van der Waals surface area contributed by atoms with Gasteiger partial charge in [0, 0.05) is 12.6 Å². The zero-order valence-electron chi connectivity index (χ0n) is 10.2. The molecule has 2 rings (SSSR count). The normalized spacial score (nSPS) is 17.8. The zero-order valence-corrected chi connectivity index (χ0v) is 11.0. The van der Waals surface area contributed by atoms with E-state index < -0.39 is 0 Å². The van der Waals surface area contributed by atoms with Crippen LogP contribution >= 0.6 is 11.3 Å². The number of hydrogen-bond acceptors (Lipinski definition) is 5. The van der Waals surface area contributed by atoms with Crippen molar-refractivity contribution in [3.8, 4) is 0 Å². The molecule has 0 amide bonds. The first-order chi connectivity index (χ1) is 7.70. The molecule has 5 heteroatoms. The second kappa shape index (κ2) is 5.10. The molecular formula is C11H20N4S. The highest BCUT2D eigenvalue weighted by molar-refractivity contribution is 7.15. The minimum atomic E-state index is 0.673. The number of anilines is 1. The molecule has 0 spiro atoms. The number of hydrogen-bond donors (Lipinski definition) is 1. The van der Waals surface area contributed by atoms with Gasteiger partial charge in [-0.05, 0) is 39.7 Å². The number of rotatable bonds is 6. The summed E-state index contributed by atoms with van der Waals surface area (Å²) in [4.78, 5) is 2.38. The van der Waals surface area contributed by atoms with E-state index in [0.717, 1.165) is 29.1 Å². The fraction of sp³-hybridized carbons (Fsp3) is 0.818. The Bertz CT molecular complexity index is 334. The van der Waals surface area contributed by atoms with Gasteiger partial charge >= 0.3 is 0 Å². The van der Waals surface area contributed by atoms with Gasteiger partial charge in [-0.1, -0.05) is 11.3 Å². The molecule has 4 nitrogen and oxygen atoms in total. The van der Waals surface area contributed by atoms with Crippen molar-refractivity contribution in [2.45, 2.75) is 39.3 Å². The Hall–Kier alpha value is -0.680. The Morgan fingerprint density at radius 2 is 2.25 bits per heavy atom. The largest absolute Gasteiger partial charge is 0.360 e. The summed E-state index contributed by atoms with van der Waals surface area (Å²) in [5.74, 6) is 0.908. The van der Waals surface area contributed by atoms with Crippen molar-refractivity contribution in [1.29, 1.82) is 0 Å². The van der Waals surface area contributed by atoms with Crippen LogP contribution in [0.1, 0.15) is 31.7 Å². The third-order valence-electron chi connectivity index (χ3n) is 3.18. The Morgan fingerprint density at radius 1 is 1.50 bits per heavy atom. The van der Waals surface area contributed by atoms with Gasteiger partial charge in [0.2, 0.25) is 5.13 Å². The van der Waals surface area contributed by atoms with Crippen LogP contribution in [0.4, 0.5) is 5.13 Å². The molecule has 0 radical (unpaired) electrons. The second-order valence-electron chi connectivity index (χ2n) is 4.52. The third kappa shape index (κ3) is 2.92. The first-order valence-electron chi connectivity index (χ1n) is 5.97. The highest BCUT2D eigenvalue weighted by Gasteiger charge is 2.30. The van der Waals surface area contributed by atoms with E-state index in [9.17, 15) is 0 Å². The molecule has 0 bridgehead atoms. The van der Waals surface area contributed by atoms with Crippen LogP contribution in [-0.4, -0.2) is 34.7 Å². The number of nitrogens with one attached hydrogen (secondary N) is 1. The maximum Gasteiger partial charge on any atom is 0.205 e. The van der Waals surface area contributed by atoms with Crippen molar-refractivity contribution < 1.29 is 0 Å². The van der Waals surface area contributed by atoms with Gasteiger partial charge in [-0.3, -0.25) is 4.90 Å². The van der Waals surface area contributed by atoms with Crippen LogP contribution in [0.15, 0.2) is 0 Å². The summed E-state index contributed by atoms with van der Waals surface area (Å²) in [6, 6.07) is 0.673. The van der Waals surface area contributed by atoms with Crippen LogP contribution in [-0.2, 0) is 6.54 Å². The lowest BCUT2D eigenvalue weighted by Crippen LogP contribution is -2.30. The van der Waals surface area contributed by atoms with Crippen molar-refractivity contribution in [3.05, 3.63) is 5.01 Å². The standard InChI is InChI=1S/C11H20N4S/c1-4-12-11-14-13-10(16-11)7-15(3)8(2)9-5-6-9/h8-9H,4-7H2,1-3H3,(H,12,14). The fourth-order valence-electron chi connectivity index (χ4n) is 1.84. The van der Waals surface area contributed by atoms with Crippen molar-refractivity contribution in [2.75, 3.05) is 18.9 Å². The molecule has 0 saturated heterocycles. The molecule has 0 aliphatic heterocycles. The fourth-order valence-corrected chi connectivity index (χ4v) is 2.71. The molecule has 90 valence electrons. The molecule has 1 atom stereocenters. The summed E-state index contributed by atoms with van der Waals surface area (Å²) in [6.07, 6.45) is 2.79. The molecule has 1 aromatic rings. The Kier molecular flexibility index (Phi) is 3.76. The topological polar surface area (TPSA) is 41.1 Å². The van der Waals surface area contributed by atoms with Gasteiger partial charge in [0.1, 0.15) is 5.01 Å². The molecule has 1 aliphatic carbocycles. The van der Waals surface area contributed by atoms with Gasteiger partial charge < -0.3 is 5.32 Å². The molecule has 16 heavy (non-hydrogen) atoms. The molecule has 1 aromatic heterocycles. The van der Waals surface area contributed by atoms with Crippen LogP contribution in [0.5, 0.6) is 0 Å². The smallest absolute Gasteiger partial charge is 0.205 e. The summed E-state index contributed by atoms with van der Waals surface area (Å²) in [6.45, 7) is 6.20. The van der Waals surface area contributed by atoms with Crippen molar-refractivity contribution in [1.82, 2.24) is 15.1 Å². The van der Waals surface area contributed by atoms with Gasteiger partial charge in [-0.2, -0.15) is 0 Å². The first kappa shape index (κ1) is 11.8. The average Bonchev–Trinajstić information content (AvgIpc) is 3.02. The van der Waals surface area contributed by atoms with Crippen LogP contribution in [0.25, 0.3) is 0 Å². The highest BCUT2D eigenvalue weighted by atomic mass is 32.1. The molecule has 1 saturated carbocycles. The second-order valence-corrected chi connectivity index (χ2v) is 5.59. The molecule has 1 fully saturated rings. The molecule has 1 N–H and O–H groups in total. The molecule has 1 heterocycles. The van der Waals surface area contributed by atoms with E-state index >= 15 is 0 Å². The minimum Gasteiger partial charge on any atom is -0.360 e. The number of nitrogens with zero attached hydrogens (tertiary/aromatic N) is 3.